The van der Waals surface area contributed by atoms with Gasteiger partial charge in [-0.2, -0.15) is 10.2 Å². The maximum absolute atomic E-state index is 13.0. The molecule has 0 saturated heterocycles. The number of H-pyrrole nitrogens is 1. The van der Waals surface area contributed by atoms with E-state index in [2.05, 4.69) is 20.6 Å². The third kappa shape index (κ3) is 5.65. The Hall–Kier alpha value is -4.70. The number of fused-ring (bicyclic) bond motifs is 1. The van der Waals surface area contributed by atoms with Crippen LogP contribution in [-0.2, 0) is 17.9 Å². The minimum absolute atomic E-state index is 0.0544. The van der Waals surface area contributed by atoms with E-state index in [-0.39, 0.29) is 12.0 Å². The Morgan fingerprint density at radius 3 is 2.55 bits per heavy atom. The standard InChI is InChI=1S/C27H24ClN7O3/c28-20-8-9-22-21(11-20)26(33-32-22)23(12-24(29)36)31-27(38)19-13-30-35(16-19)15-18-6-4-17(5-7-18)14-34-10-2-1-3-25(34)37/h1-11,13,16,23H,12,14-15H2,(H2,29,36)(H,31,38)(H,32,33). The van der Waals surface area contributed by atoms with Gasteiger partial charge >= 0.3 is 0 Å². The smallest absolute Gasteiger partial charge is 0.255 e. The maximum atomic E-state index is 13.0. The van der Waals surface area contributed by atoms with E-state index in [0.29, 0.717) is 34.8 Å². The van der Waals surface area contributed by atoms with Crippen molar-refractivity contribution in [3.05, 3.63) is 117 Å². The average molecular weight is 530 g/mol. The van der Waals surface area contributed by atoms with E-state index in [1.165, 1.54) is 12.3 Å². The number of carbonyl (C=O) groups excluding carboxylic acids is 2. The zero-order valence-corrected chi connectivity index (χ0v) is 20.9. The van der Waals surface area contributed by atoms with Gasteiger partial charge in [0, 0.05) is 28.9 Å². The SMILES string of the molecule is NC(=O)CC(NC(=O)c1cnn(Cc2ccc(Cn3ccccc3=O)cc2)c1)c1n[nH]c2ccc(Cl)cc12. The second kappa shape index (κ2) is 10.7. The van der Waals surface area contributed by atoms with Gasteiger partial charge in [0.25, 0.3) is 11.5 Å². The highest BCUT2D eigenvalue weighted by Crippen LogP contribution is 2.27. The van der Waals surface area contributed by atoms with Crippen molar-refractivity contribution in [1.82, 2.24) is 29.9 Å². The first-order chi connectivity index (χ1) is 18.4. The number of rotatable bonds is 9. The molecule has 5 rings (SSSR count). The Morgan fingerprint density at radius 1 is 1.05 bits per heavy atom. The molecule has 0 spiro atoms. The van der Waals surface area contributed by atoms with Crippen LogP contribution in [0, 0.1) is 0 Å². The minimum atomic E-state index is -0.750. The number of amides is 2. The summed E-state index contributed by atoms with van der Waals surface area (Å²) in [5, 5.41) is 15.5. The van der Waals surface area contributed by atoms with E-state index >= 15 is 0 Å². The lowest BCUT2D eigenvalue weighted by atomic mass is 10.1. The fraction of sp³-hybridized carbons (Fsp3) is 0.148. The van der Waals surface area contributed by atoms with Crippen LogP contribution in [0.3, 0.4) is 0 Å². The first-order valence-electron chi connectivity index (χ1n) is 11.8. The highest BCUT2D eigenvalue weighted by atomic mass is 35.5. The van der Waals surface area contributed by atoms with Crippen LogP contribution in [0.15, 0.2) is 84.0 Å². The average Bonchev–Trinajstić information content (AvgIpc) is 3.53. The first-order valence-corrected chi connectivity index (χ1v) is 12.2. The third-order valence-corrected chi connectivity index (χ3v) is 6.35. The molecule has 1 unspecified atom stereocenters. The van der Waals surface area contributed by atoms with Crippen molar-refractivity contribution in [3.8, 4) is 0 Å². The topological polar surface area (TPSA) is 141 Å². The fourth-order valence-electron chi connectivity index (χ4n) is 4.22. The van der Waals surface area contributed by atoms with Gasteiger partial charge in [-0.05, 0) is 35.4 Å². The summed E-state index contributed by atoms with van der Waals surface area (Å²) < 4.78 is 3.29. The molecule has 3 heterocycles. The molecule has 0 aliphatic heterocycles. The van der Waals surface area contributed by atoms with E-state index in [4.69, 9.17) is 17.3 Å². The molecular formula is C27H24ClN7O3. The van der Waals surface area contributed by atoms with Gasteiger partial charge in [0.1, 0.15) is 0 Å². The molecule has 1 atom stereocenters. The number of carbonyl (C=O) groups is 2. The number of hydrogen-bond acceptors (Lipinski definition) is 5. The van der Waals surface area contributed by atoms with Gasteiger partial charge in [0.05, 0.1) is 48.5 Å². The Balaban J connectivity index is 1.27. The quantitative estimate of drug-likeness (QED) is 0.269. The van der Waals surface area contributed by atoms with Crippen molar-refractivity contribution in [2.75, 3.05) is 0 Å². The number of pyridine rings is 1. The molecule has 4 N–H and O–H groups in total. The van der Waals surface area contributed by atoms with E-state index in [1.54, 1.807) is 45.9 Å². The number of hydrogen-bond donors (Lipinski definition) is 3. The van der Waals surface area contributed by atoms with Crippen LogP contribution < -0.4 is 16.6 Å². The van der Waals surface area contributed by atoms with E-state index in [0.717, 1.165) is 16.6 Å². The van der Waals surface area contributed by atoms with Gasteiger partial charge < -0.3 is 15.6 Å². The molecule has 0 fully saturated rings. The molecule has 10 nitrogen and oxygen atoms in total. The monoisotopic (exact) mass is 529 g/mol. The molecule has 5 aromatic rings. The van der Waals surface area contributed by atoms with Gasteiger partial charge in [-0.1, -0.05) is 41.9 Å². The first kappa shape index (κ1) is 25.0. The second-order valence-corrected chi connectivity index (χ2v) is 9.34. The van der Waals surface area contributed by atoms with Crippen molar-refractivity contribution in [2.24, 2.45) is 5.73 Å². The summed E-state index contributed by atoms with van der Waals surface area (Å²) in [5.41, 5.74) is 8.90. The van der Waals surface area contributed by atoms with Gasteiger partial charge in [0.15, 0.2) is 0 Å². The van der Waals surface area contributed by atoms with Crippen LogP contribution in [0.2, 0.25) is 5.02 Å². The van der Waals surface area contributed by atoms with E-state index in [9.17, 15) is 14.4 Å². The normalized spacial score (nSPS) is 11.9. The van der Waals surface area contributed by atoms with Crippen molar-refractivity contribution in [3.63, 3.8) is 0 Å². The van der Waals surface area contributed by atoms with Crippen LogP contribution in [0.1, 0.15) is 39.6 Å². The molecule has 2 aromatic carbocycles. The molecule has 0 aliphatic rings. The van der Waals surface area contributed by atoms with Crippen LogP contribution in [0.25, 0.3) is 10.9 Å². The van der Waals surface area contributed by atoms with Gasteiger partial charge in [-0.25, -0.2) is 0 Å². The lowest BCUT2D eigenvalue weighted by molar-refractivity contribution is -0.118. The van der Waals surface area contributed by atoms with Crippen LogP contribution >= 0.6 is 11.6 Å². The number of nitrogens with zero attached hydrogens (tertiary/aromatic N) is 4. The lowest BCUT2D eigenvalue weighted by Crippen LogP contribution is -2.32. The number of benzene rings is 2. The minimum Gasteiger partial charge on any atom is -0.370 e. The molecular weight excluding hydrogens is 506 g/mol. The maximum Gasteiger partial charge on any atom is 0.255 e. The summed E-state index contributed by atoms with van der Waals surface area (Å²) >= 11 is 6.13. The van der Waals surface area contributed by atoms with Crippen LogP contribution in [0.5, 0.6) is 0 Å². The van der Waals surface area contributed by atoms with Crippen molar-refractivity contribution in [1.29, 1.82) is 0 Å². The number of aromatic nitrogens is 5. The predicted octanol–water partition coefficient (Wildman–Crippen LogP) is 3.02. The summed E-state index contributed by atoms with van der Waals surface area (Å²) in [7, 11) is 0. The van der Waals surface area contributed by atoms with E-state index in [1.807, 2.05) is 30.3 Å². The van der Waals surface area contributed by atoms with Crippen molar-refractivity contribution in [2.45, 2.75) is 25.6 Å². The summed E-state index contributed by atoms with van der Waals surface area (Å²) in [4.78, 5) is 36.7. The second-order valence-electron chi connectivity index (χ2n) is 8.91. The zero-order valence-electron chi connectivity index (χ0n) is 20.2. The summed E-state index contributed by atoms with van der Waals surface area (Å²) in [6.07, 6.45) is 4.72. The Kier molecular flexibility index (Phi) is 7.05. The Morgan fingerprint density at radius 2 is 1.82 bits per heavy atom. The highest BCUT2D eigenvalue weighted by Gasteiger charge is 2.23. The van der Waals surface area contributed by atoms with E-state index < -0.39 is 17.9 Å². The predicted molar refractivity (Wildman–Crippen MR) is 143 cm³/mol. The zero-order chi connectivity index (χ0) is 26.6. The summed E-state index contributed by atoms with van der Waals surface area (Å²) in [5.74, 6) is -0.992. The number of nitrogens with one attached hydrogen (secondary N) is 2. The van der Waals surface area contributed by atoms with Gasteiger partial charge in [-0.15, -0.1) is 0 Å². The van der Waals surface area contributed by atoms with Crippen LogP contribution in [0.4, 0.5) is 0 Å². The number of aromatic amines is 1. The molecule has 11 heteroatoms. The number of primary amides is 1. The largest absolute Gasteiger partial charge is 0.370 e. The fourth-order valence-corrected chi connectivity index (χ4v) is 4.40. The van der Waals surface area contributed by atoms with Gasteiger partial charge in [0.2, 0.25) is 5.91 Å². The molecule has 0 aliphatic carbocycles. The molecule has 0 saturated carbocycles. The molecule has 0 bridgehead atoms. The Bertz CT molecular complexity index is 1670. The van der Waals surface area contributed by atoms with Gasteiger partial charge in [-0.3, -0.25) is 24.2 Å². The number of halogens is 1. The molecule has 3 aromatic heterocycles. The van der Waals surface area contributed by atoms with Crippen molar-refractivity contribution >= 4 is 34.3 Å². The molecule has 192 valence electrons. The Labute approximate surface area is 222 Å². The summed E-state index contributed by atoms with van der Waals surface area (Å²) in [6.45, 7) is 0.933. The molecule has 0 radical (unpaired) electrons. The number of nitrogens with two attached hydrogens (primary N) is 1. The molecule has 2 amide bonds. The van der Waals surface area contributed by atoms with Crippen molar-refractivity contribution < 1.29 is 9.59 Å². The van der Waals surface area contributed by atoms with Crippen LogP contribution in [-0.4, -0.2) is 36.4 Å². The molecule has 38 heavy (non-hydrogen) atoms. The summed E-state index contributed by atoms with van der Waals surface area (Å²) in [6, 6.07) is 17.4. The third-order valence-electron chi connectivity index (χ3n) is 6.11. The highest BCUT2D eigenvalue weighted by molar-refractivity contribution is 6.31. The lowest BCUT2D eigenvalue weighted by Gasteiger charge is -2.15.